The van der Waals surface area contributed by atoms with Crippen LogP contribution in [0, 0.1) is 0 Å². The topological polar surface area (TPSA) is 40.5 Å². The summed E-state index contributed by atoms with van der Waals surface area (Å²) in [6.45, 7) is 3.34. The van der Waals surface area contributed by atoms with Crippen molar-refractivity contribution in [1.29, 1.82) is 0 Å². The summed E-state index contributed by atoms with van der Waals surface area (Å²) in [7, 11) is 0. The van der Waals surface area contributed by atoms with Gasteiger partial charge in [0.2, 0.25) is 0 Å². The van der Waals surface area contributed by atoms with Crippen LogP contribution in [0.2, 0.25) is 0 Å². The zero-order valence-electron chi connectivity index (χ0n) is 6.12. The molecular formula is C9H10O2. The van der Waals surface area contributed by atoms with E-state index in [2.05, 4.69) is 6.58 Å². The number of benzene rings is 1. The molecule has 0 heterocycles. The van der Waals surface area contributed by atoms with Gasteiger partial charge >= 0.3 is 0 Å². The first-order chi connectivity index (χ1) is 5.20. The van der Waals surface area contributed by atoms with E-state index in [-0.39, 0.29) is 11.5 Å². The van der Waals surface area contributed by atoms with E-state index >= 15 is 0 Å². The zero-order chi connectivity index (χ0) is 8.27. The molecule has 1 rings (SSSR count). The van der Waals surface area contributed by atoms with Crippen molar-refractivity contribution in [2.45, 2.75) is 6.42 Å². The second kappa shape index (κ2) is 3.10. The van der Waals surface area contributed by atoms with Crippen LogP contribution in [-0.2, 0) is 6.42 Å². The van der Waals surface area contributed by atoms with Gasteiger partial charge in [0.1, 0.15) is 5.75 Å². The third-order valence-electron chi connectivity index (χ3n) is 1.39. The van der Waals surface area contributed by atoms with Gasteiger partial charge in [-0.1, -0.05) is 24.8 Å². The van der Waals surface area contributed by atoms with E-state index < -0.39 is 0 Å². The van der Waals surface area contributed by atoms with E-state index in [1.54, 1.807) is 24.3 Å². The second-order valence-corrected chi connectivity index (χ2v) is 2.37. The number of aliphatic hydroxyl groups excluding tert-OH is 1. The first-order valence-corrected chi connectivity index (χ1v) is 3.34. The molecule has 0 fully saturated rings. The van der Waals surface area contributed by atoms with Gasteiger partial charge in [0.05, 0.1) is 5.76 Å². The quantitative estimate of drug-likeness (QED) is 0.633. The average molecular weight is 150 g/mol. The van der Waals surface area contributed by atoms with Gasteiger partial charge < -0.3 is 10.2 Å². The molecule has 0 spiro atoms. The number of allylic oxidation sites excluding steroid dienone is 1. The monoisotopic (exact) mass is 150 g/mol. The van der Waals surface area contributed by atoms with E-state index in [1.807, 2.05) is 0 Å². The Morgan fingerprint density at radius 2 is 2.00 bits per heavy atom. The van der Waals surface area contributed by atoms with Gasteiger partial charge in [-0.2, -0.15) is 0 Å². The zero-order valence-corrected chi connectivity index (χ0v) is 6.12. The standard InChI is InChI=1S/C9H10O2/c1-7(10)6-8-4-2-3-5-9(8)11/h2-5,10-11H,1,6H2. The smallest absolute Gasteiger partial charge is 0.119 e. The third-order valence-corrected chi connectivity index (χ3v) is 1.39. The maximum Gasteiger partial charge on any atom is 0.119 e. The van der Waals surface area contributed by atoms with E-state index in [1.165, 1.54) is 0 Å². The highest BCUT2D eigenvalue weighted by atomic mass is 16.3. The van der Waals surface area contributed by atoms with Crippen LogP contribution in [-0.4, -0.2) is 10.2 Å². The molecule has 0 aliphatic carbocycles. The van der Waals surface area contributed by atoms with Crippen LogP contribution in [0.1, 0.15) is 5.56 Å². The Morgan fingerprint density at radius 3 is 2.55 bits per heavy atom. The number of phenols is 1. The normalized spacial score (nSPS) is 9.45. The molecule has 0 unspecified atom stereocenters. The first-order valence-electron chi connectivity index (χ1n) is 3.34. The van der Waals surface area contributed by atoms with Gasteiger partial charge in [-0.05, 0) is 6.07 Å². The Hall–Kier alpha value is -1.44. The Morgan fingerprint density at radius 1 is 1.36 bits per heavy atom. The lowest BCUT2D eigenvalue weighted by Crippen LogP contribution is -1.87. The molecule has 0 aromatic heterocycles. The predicted molar refractivity (Wildman–Crippen MR) is 43.6 cm³/mol. The molecule has 2 heteroatoms. The highest BCUT2D eigenvalue weighted by Crippen LogP contribution is 2.17. The van der Waals surface area contributed by atoms with Gasteiger partial charge in [0.25, 0.3) is 0 Å². The summed E-state index contributed by atoms with van der Waals surface area (Å²) in [5, 5.41) is 18.0. The highest BCUT2D eigenvalue weighted by Gasteiger charge is 1.99. The van der Waals surface area contributed by atoms with Crippen LogP contribution in [0.5, 0.6) is 5.75 Å². The van der Waals surface area contributed by atoms with Crippen molar-refractivity contribution in [3.63, 3.8) is 0 Å². The second-order valence-electron chi connectivity index (χ2n) is 2.37. The Bertz CT molecular complexity index is 266. The number of aromatic hydroxyl groups is 1. The third kappa shape index (κ3) is 2.00. The molecule has 58 valence electrons. The SMILES string of the molecule is C=C(O)Cc1ccccc1O. The van der Waals surface area contributed by atoms with Crippen molar-refractivity contribution >= 4 is 0 Å². The number of aliphatic hydroxyl groups is 1. The number of phenolic OH excluding ortho intramolecular Hbond substituents is 1. The van der Waals surface area contributed by atoms with Crippen LogP contribution in [0.15, 0.2) is 36.6 Å². The van der Waals surface area contributed by atoms with E-state index in [9.17, 15) is 5.11 Å². The molecule has 1 aromatic rings. The summed E-state index contributed by atoms with van der Waals surface area (Å²) in [6, 6.07) is 6.87. The molecule has 0 saturated heterocycles. The average Bonchev–Trinajstić information content (AvgIpc) is 1.93. The number of hydrogen-bond donors (Lipinski definition) is 2. The maximum absolute atomic E-state index is 9.21. The molecule has 0 bridgehead atoms. The van der Waals surface area contributed by atoms with Gasteiger partial charge in [-0.25, -0.2) is 0 Å². The molecule has 0 saturated carbocycles. The van der Waals surface area contributed by atoms with Gasteiger partial charge in [0, 0.05) is 12.0 Å². The van der Waals surface area contributed by atoms with Gasteiger partial charge in [-0.15, -0.1) is 0 Å². The summed E-state index contributed by atoms with van der Waals surface area (Å²) >= 11 is 0. The minimum atomic E-state index is 0.0616. The van der Waals surface area contributed by atoms with Crippen LogP contribution in [0.4, 0.5) is 0 Å². The molecule has 2 N–H and O–H groups in total. The number of hydrogen-bond acceptors (Lipinski definition) is 2. The fraction of sp³-hybridized carbons (Fsp3) is 0.111. The van der Waals surface area contributed by atoms with Crippen molar-refractivity contribution in [1.82, 2.24) is 0 Å². The van der Waals surface area contributed by atoms with Crippen LogP contribution in [0.25, 0.3) is 0 Å². The van der Waals surface area contributed by atoms with Crippen molar-refractivity contribution in [3.8, 4) is 5.75 Å². The number of para-hydroxylation sites is 1. The molecule has 0 aliphatic rings. The first kappa shape index (κ1) is 7.66. The Labute approximate surface area is 65.4 Å². The van der Waals surface area contributed by atoms with Crippen molar-refractivity contribution < 1.29 is 10.2 Å². The van der Waals surface area contributed by atoms with Crippen LogP contribution < -0.4 is 0 Å². The molecule has 2 nitrogen and oxygen atoms in total. The minimum absolute atomic E-state index is 0.0616. The summed E-state index contributed by atoms with van der Waals surface area (Å²) in [5.41, 5.74) is 0.694. The molecule has 0 radical (unpaired) electrons. The van der Waals surface area contributed by atoms with E-state index in [0.717, 1.165) is 0 Å². The lowest BCUT2D eigenvalue weighted by Gasteiger charge is -2.01. The Balaban J connectivity index is 2.86. The van der Waals surface area contributed by atoms with Crippen molar-refractivity contribution in [3.05, 3.63) is 42.2 Å². The lowest BCUT2D eigenvalue weighted by atomic mass is 10.1. The summed E-state index contributed by atoms with van der Waals surface area (Å²) in [6.07, 6.45) is 0.312. The lowest BCUT2D eigenvalue weighted by molar-refractivity contribution is 0.396. The fourth-order valence-corrected chi connectivity index (χ4v) is 0.880. The molecule has 1 aromatic carbocycles. The van der Waals surface area contributed by atoms with Crippen LogP contribution >= 0.6 is 0 Å². The highest BCUT2D eigenvalue weighted by molar-refractivity contribution is 5.33. The maximum atomic E-state index is 9.21. The van der Waals surface area contributed by atoms with Gasteiger partial charge in [0.15, 0.2) is 0 Å². The van der Waals surface area contributed by atoms with Gasteiger partial charge in [-0.3, -0.25) is 0 Å². The molecule has 11 heavy (non-hydrogen) atoms. The molecule has 0 atom stereocenters. The molecule has 0 aliphatic heterocycles. The number of rotatable bonds is 2. The van der Waals surface area contributed by atoms with E-state index in [4.69, 9.17) is 5.11 Å². The van der Waals surface area contributed by atoms with Crippen molar-refractivity contribution in [2.24, 2.45) is 0 Å². The predicted octanol–water partition coefficient (Wildman–Crippen LogP) is 2.01. The summed E-state index contributed by atoms with van der Waals surface area (Å²) in [5.74, 6) is 0.259. The Kier molecular flexibility index (Phi) is 2.16. The van der Waals surface area contributed by atoms with Crippen molar-refractivity contribution in [2.75, 3.05) is 0 Å². The summed E-state index contributed by atoms with van der Waals surface area (Å²) < 4.78 is 0. The summed E-state index contributed by atoms with van der Waals surface area (Å²) in [4.78, 5) is 0. The minimum Gasteiger partial charge on any atom is -0.513 e. The van der Waals surface area contributed by atoms with E-state index in [0.29, 0.717) is 12.0 Å². The molecule has 0 amide bonds. The molecular weight excluding hydrogens is 140 g/mol. The van der Waals surface area contributed by atoms with Crippen LogP contribution in [0.3, 0.4) is 0 Å². The fourth-order valence-electron chi connectivity index (χ4n) is 0.880. The largest absolute Gasteiger partial charge is 0.513 e.